The predicted molar refractivity (Wildman–Crippen MR) is 67.4 cm³/mol. The van der Waals surface area contributed by atoms with E-state index in [9.17, 15) is 4.79 Å². The van der Waals surface area contributed by atoms with Gasteiger partial charge in [-0.1, -0.05) is 17.2 Å². The maximum Gasteiger partial charge on any atom is 0.179 e. The number of allylic oxidation sites excluding steroid dienone is 3. The van der Waals surface area contributed by atoms with Crippen molar-refractivity contribution >= 4 is 17.5 Å². The SMILES string of the molecule is COC1=CC(=O)C2(C=C1)CC(C)=C(C)CS2. The Morgan fingerprint density at radius 1 is 1.38 bits per heavy atom. The highest BCUT2D eigenvalue weighted by Gasteiger charge is 2.39. The largest absolute Gasteiger partial charge is 0.497 e. The van der Waals surface area contributed by atoms with E-state index in [1.54, 1.807) is 24.9 Å². The summed E-state index contributed by atoms with van der Waals surface area (Å²) in [4.78, 5) is 12.1. The van der Waals surface area contributed by atoms with Crippen molar-refractivity contribution in [3.05, 3.63) is 35.1 Å². The molecule has 3 heteroatoms. The van der Waals surface area contributed by atoms with Gasteiger partial charge in [0.2, 0.25) is 0 Å². The lowest BCUT2D eigenvalue weighted by Gasteiger charge is -2.34. The smallest absolute Gasteiger partial charge is 0.179 e. The number of methoxy groups -OCH3 is 1. The van der Waals surface area contributed by atoms with Crippen LogP contribution in [0.15, 0.2) is 35.1 Å². The van der Waals surface area contributed by atoms with Gasteiger partial charge >= 0.3 is 0 Å². The highest BCUT2D eigenvalue weighted by Crippen LogP contribution is 2.43. The van der Waals surface area contributed by atoms with E-state index >= 15 is 0 Å². The molecular formula is C13H16O2S. The number of ether oxygens (including phenoxy) is 1. The average molecular weight is 236 g/mol. The highest BCUT2D eigenvalue weighted by atomic mass is 32.2. The van der Waals surface area contributed by atoms with Crippen LogP contribution >= 0.6 is 11.8 Å². The second kappa shape index (κ2) is 4.13. The lowest BCUT2D eigenvalue weighted by atomic mass is 9.89. The summed E-state index contributed by atoms with van der Waals surface area (Å²) >= 11 is 1.72. The van der Waals surface area contributed by atoms with E-state index in [2.05, 4.69) is 13.8 Å². The van der Waals surface area contributed by atoms with E-state index in [0.717, 1.165) is 12.2 Å². The molecule has 0 aromatic rings. The number of rotatable bonds is 1. The normalized spacial score (nSPS) is 29.7. The molecule has 86 valence electrons. The molecule has 0 N–H and O–H groups in total. The molecule has 1 atom stereocenters. The van der Waals surface area contributed by atoms with E-state index in [4.69, 9.17) is 4.74 Å². The third kappa shape index (κ3) is 1.84. The summed E-state index contributed by atoms with van der Waals surface area (Å²) in [6.45, 7) is 4.26. The molecule has 0 saturated heterocycles. The van der Waals surface area contributed by atoms with E-state index in [0.29, 0.717) is 5.76 Å². The molecule has 0 fully saturated rings. The summed E-state index contributed by atoms with van der Waals surface area (Å²) in [5, 5.41) is 0. The van der Waals surface area contributed by atoms with Crippen LogP contribution in [0, 0.1) is 0 Å². The predicted octanol–water partition coefficient (Wildman–Crippen LogP) is 2.87. The summed E-state index contributed by atoms with van der Waals surface area (Å²) in [6, 6.07) is 0. The molecule has 2 nitrogen and oxygen atoms in total. The topological polar surface area (TPSA) is 26.3 Å². The molecule has 1 unspecified atom stereocenters. The van der Waals surface area contributed by atoms with Crippen molar-refractivity contribution in [2.75, 3.05) is 12.9 Å². The van der Waals surface area contributed by atoms with Crippen molar-refractivity contribution in [3.63, 3.8) is 0 Å². The zero-order valence-corrected chi connectivity index (χ0v) is 10.7. The fourth-order valence-electron chi connectivity index (χ4n) is 1.95. The van der Waals surface area contributed by atoms with Crippen molar-refractivity contribution < 1.29 is 9.53 Å². The fourth-order valence-corrected chi connectivity index (χ4v) is 3.35. The molecular weight excluding hydrogens is 220 g/mol. The maximum absolute atomic E-state index is 12.1. The highest BCUT2D eigenvalue weighted by molar-refractivity contribution is 8.01. The number of ketones is 1. The molecule has 0 aromatic carbocycles. The Bertz CT molecular complexity index is 418. The Kier molecular flexibility index (Phi) is 2.98. The van der Waals surface area contributed by atoms with Crippen LogP contribution in [-0.2, 0) is 9.53 Å². The van der Waals surface area contributed by atoms with Gasteiger partial charge in [-0.2, -0.15) is 0 Å². The minimum atomic E-state index is -0.369. The van der Waals surface area contributed by atoms with Gasteiger partial charge in [0.15, 0.2) is 5.78 Å². The van der Waals surface area contributed by atoms with Crippen LogP contribution in [0.3, 0.4) is 0 Å². The van der Waals surface area contributed by atoms with Gasteiger partial charge < -0.3 is 4.74 Å². The first-order valence-electron chi connectivity index (χ1n) is 5.36. The van der Waals surface area contributed by atoms with Gasteiger partial charge in [0, 0.05) is 11.8 Å². The van der Waals surface area contributed by atoms with Crippen LogP contribution < -0.4 is 0 Å². The molecule has 0 saturated carbocycles. The van der Waals surface area contributed by atoms with Gasteiger partial charge in [0.1, 0.15) is 10.5 Å². The summed E-state index contributed by atoms with van der Waals surface area (Å²) in [5.74, 6) is 1.75. The van der Waals surface area contributed by atoms with Crippen LogP contribution in [0.5, 0.6) is 0 Å². The number of carbonyl (C=O) groups is 1. The molecule has 16 heavy (non-hydrogen) atoms. The number of hydrogen-bond acceptors (Lipinski definition) is 3. The summed E-state index contributed by atoms with van der Waals surface area (Å²) in [5.41, 5.74) is 2.74. The first-order valence-corrected chi connectivity index (χ1v) is 6.34. The summed E-state index contributed by atoms with van der Waals surface area (Å²) in [6.07, 6.45) is 6.34. The van der Waals surface area contributed by atoms with E-state index < -0.39 is 0 Å². The van der Waals surface area contributed by atoms with E-state index in [1.807, 2.05) is 12.2 Å². The van der Waals surface area contributed by atoms with Gasteiger partial charge in [-0.05, 0) is 26.3 Å². The molecule has 2 aliphatic rings. The lowest BCUT2D eigenvalue weighted by molar-refractivity contribution is -0.116. The van der Waals surface area contributed by atoms with Gasteiger partial charge in [-0.3, -0.25) is 4.79 Å². The number of thioether (sulfide) groups is 1. The second-order valence-corrected chi connectivity index (χ2v) is 5.67. The zero-order valence-electron chi connectivity index (χ0n) is 9.87. The first kappa shape index (κ1) is 11.5. The number of hydrogen-bond donors (Lipinski definition) is 0. The Morgan fingerprint density at radius 3 is 2.69 bits per heavy atom. The van der Waals surface area contributed by atoms with Crippen LogP contribution in [-0.4, -0.2) is 23.4 Å². The lowest BCUT2D eigenvalue weighted by Crippen LogP contribution is -2.37. The van der Waals surface area contributed by atoms with Crippen molar-refractivity contribution in [2.45, 2.75) is 25.0 Å². The molecule has 1 heterocycles. The maximum atomic E-state index is 12.1. The minimum absolute atomic E-state index is 0.156. The van der Waals surface area contributed by atoms with Gasteiger partial charge in [-0.25, -0.2) is 0 Å². The molecule has 0 amide bonds. The first-order chi connectivity index (χ1) is 7.57. The van der Waals surface area contributed by atoms with Crippen molar-refractivity contribution in [3.8, 4) is 0 Å². The van der Waals surface area contributed by atoms with E-state index in [1.165, 1.54) is 11.1 Å². The summed E-state index contributed by atoms with van der Waals surface area (Å²) < 4.78 is 4.71. The summed E-state index contributed by atoms with van der Waals surface area (Å²) in [7, 11) is 1.59. The van der Waals surface area contributed by atoms with Crippen molar-refractivity contribution in [1.82, 2.24) is 0 Å². The zero-order chi connectivity index (χ0) is 11.8. The fraction of sp³-hybridized carbons (Fsp3) is 0.462. The molecule has 1 aliphatic heterocycles. The standard InChI is InChI=1S/C13H16O2S/c1-9-7-13(16-8-10(9)2)5-4-11(15-3)6-12(13)14/h4-6H,7-8H2,1-3H3. The van der Waals surface area contributed by atoms with Gasteiger partial charge in [-0.15, -0.1) is 11.8 Å². The van der Waals surface area contributed by atoms with Crippen molar-refractivity contribution in [1.29, 1.82) is 0 Å². The Morgan fingerprint density at radius 2 is 2.12 bits per heavy atom. The number of carbonyl (C=O) groups excluding carboxylic acids is 1. The second-order valence-electron chi connectivity index (χ2n) is 4.36. The van der Waals surface area contributed by atoms with Crippen molar-refractivity contribution in [2.24, 2.45) is 0 Å². The van der Waals surface area contributed by atoms with Gasteiger partial charge in [0.05, 0.1) is 7.11 Å². The third-order valence-electron chi connectivity index (χ3n) is 3.25. The molecule has 2 rings (SSSR count). The molecule has 1 spiro atoms. The Balaban J connectivity index is 2.28. The van der Waals surface area contributed by atoms with Crippen LogP contribution in [0.1, 0.15) is 20.3 Å². The quantitative estimate of drug-likeness (QED) is 0.655. The minimum Gasteiger partial charge on any atom is -0.497 e. The molecule has 0 bridgehead atoms. The molecule has 0 aromatic heterocycles. The molecule has 0 radical (unpaired) electrons. The van der Waals surface area contributed by atoms with E-state index in [-0.39, 0.29) is 10.5 Å². The van der Waals surface area contributed by atoms with Crippen LogP contribution in [0.2, 0.25) is 0 Å². The Labute approximate surface area is 100 Å². The molecule has 1 aliphatic carbocycles. The van der Waals surface area contributed by atoms with Crippen LogP contribution in [0.4, 0.5) is 0 Å². The monoisotopic (exact) mass is 236 g/mol. The van der Waals surface area contributed by atoms with Crippen LogP contribution in [0.25, 0.3) is 0 Å². The third-order valence-corrected chi connectivity index (χ3v) is 4.82. The Hall–Kier alpha value is -0.960. The van der Waals surface area contributed by atoms with Gasteiger partial charge in [0.25, 0.3) is 0 Å². The average Bonchev–Trinajstić information content (AvgIpc) is 2.28.